The maximum Gasteiger partial charge on any atom is 0.264 e. The number of pyridine rings is 1. The van der Waals surface area contributed by atoms with Crippen LogP contribution in [0, 0.1) is 17.7 Å². The van der Waals surface area contributed by atoms with Gasteiger partial charge in [-0.1, -0.05) is 13.0 Å². The lowest BCUT2D eigenvalue weighted by Gasteiger charge is -2.32. The van der Waals surface area contributed by atoms with E-state index in [1.165, 1.54) is 6.07 Å². The predicted octanol–water partition coefficient (Wildman–Crippen LogP) is 5.88. The van der Waals surface area contributed by atoms with Crippen LogP contribution >= 0.6 is 0 Å². The molecule has 1 aromatic heterocycles. The van der Waals surface area contributed by atoms with Gasteiger partial charge in [0.15, 0.2) is 0 Å². The Balaban J connectivity index is 0.678. The topological polar surface area (TPSA) is 184 Å². The Bertz CT molecular complexity index is 2250. The van der Waals surface area contributed by atoms with Crippen molar-refractivity contribution in [2.75, 3.05) is 76.6 Å². The lowest BCUT2D eigenvalue weighted by molar-refractivity contribution is -0.136. The van der Waals surface area contributed by atoms with Crippen LogP contribution in [0.3, 0.4) is 0 Å². The van der Waals surface area contributed by atoms with E-state index in [4.69, 9.17) is 23.7 Å². The van der Waals surface area contributed by atoms with Crippen LogP contribution in [0.1, 0.15) is 77.6 Å². The predicted molar refractivity (Wildman–Crippen MR) is 231 cm³/mol. The number of nitrogens with zero attached hydrogens (tertiary/aromatic N) is 2. The highest BCUT2D eigenvalue weighted by atomic mass is 19.1. The molecule has 3 N–H and O–H groups in total. The number of rotatable bonds is 22. The Hall–Kier alpha value is -5.81. The van der Waals surface area contributed by atoms with Gasteiger partial charge < -0.3 is 34.3 Å². The molecule has 3 heterocycles. The van der Waals surface area contributed by atoms with Gasteiger partial charge in [-0.2, -0.15) is 0 Å². The summed E-state index contributed by atoms with van der Waals surface area (Å²) in [4.78, 5) is 68.6. The SMILES string of the molecule is C[C@@H](C(=O)Nc1ccc(OCCOCCOCCOCCOCCNc2cccc3c2C(=O)N(C2CCC(=O)NC2=O)C3=O)cc1)[C@H]1CC[C@@H](c2ccnc3ccc(F)cc32)CC1. The number of carbonyl (C=O) groups is 5. The maximum absolute atomic E-state index is 14.0. The molecule has 0 radical (unpaired) electrons. The van der Waals surface area contributed by atoms with Crippen LogP contribution in [0.2, 0.25) is 0 Å². The first-order valence-corrected chi connectivity index (χ1v) is 21.6. The van der Waals surface area contributed by atoms with Crippen LogP contribution in [0.4, 0.5) is 15.8 Å². The van der Waals surface area contributed by atoms with E-state index in [1.807, 2.05) is 37.3 Å². The number of carbonyl (C=O) groups excluding carboxylic acids is 5. The summed E-state index contributed by atoms with van der Waals surface area (Å²) in [5.41, 5.74) is 3.55. The molecule has 334 valence electrons. The molecule has 7 rings (SSSR count). The van der Waals surface area contributed by atoms with Crippen LogP contribution < -0.4 is 20.7 Å². The maximum atomic E-state index is 14.0. The summed E-state index contributed by atoms with van der Waals surface area (Å²) in [5, 5.41) is 9.27. The summed E-state index contributed by atoms with van der Waals surface area (Å²) in [5.74, 6) is -1.31. The Labute approximate surface area is 365 Å². The van der Waals surface area contributed by atoms with Crippen molar-refractivity contribution in [3.05, 3.63) is 95.4 Å². The number of imide groups is 2. The van der Waals surface area contributed by atoms with Crippen LogP contribution in [0.15, 0.2) is 72.9 Å². The van der Waals surface area contributed by atoms with Crippen LogP contribution in [-0.2, 0) is 33.3 Å². The minimum atomic E-state index is -1.02. The second kappa shape index (κ2) is 22.0. The third kappa shape index (κ3) is 11.6. The number of amides is 5. The van der Waals surface area contributed by atoms with Gasteiger partial charge in [0.2, 0.25) is 17.7 Å². The minimum absolute atomic E-state index is 0.000979. The summed E-state index contributed by atoms with van der Waals surface area (Å²) >= 11 is 0. The Morgan fingerprint density at radius 2 is 1.49 bits per heavy atom. The third-order valence-corrected chi connectivity index (χ3v) is 11.8. The van der Waals surface area contributed by atoms with E-state index in [2.05, 4.69) is 20.9 Å². The van der Waals surface area contributed by atoms with Crippen molar-refractivity contribution in [1.82, 2.24) is 15.2 Å². The van der Waals surface area contributed by atoms with Crippen molar-refractivity contribution in [2.45, 2.75) is 57.4 Å². The molecule has 0 bridgehead atoms. The number of fused-ring (bicyclic) bond motifs is 2. The molecule has 3 aliphatic rings. The van der Waals surface area contributed by atoms with E-state index in [0.29, 0.717) is 89.0 Å². The van der Waals surface area contributed by atoms with Gasteiger partial charge in [0.05, 0.1) is 69.5 Å². The van der Waals surface area contributed by atoms with Gasteiger partial charge in [-0.25, -0.2) is 4.39 Å². The molecule has 4 aromatic rings. The number of nitrogens with one attached hydrogen (secondary N) is 3. The molecule has 15 nitrogen and oxygen atoms in total. The van der Waals surface area contributed by atoms with Crippen LogP contribution in [0.5, 0.6) is 5.75 Å². The normalized spacial score (nSPS) is 19.2. The molecule has 16 heteroatoms. The van der Waals surface area contributed by atoms with E-state index in [9.17, 15) is 28.4 Å². The number of hydrogen-bond acceptors (Lipinski definition) is 12. The van der Waals surface area contributed by atoms with Crippen LogP contribution in [0.25, 0.3) is 10.9 Å². The lowest BCUT2D eigenvalue weighted by Crippen LogP contribution is -2.54. The summed E-state index contributed by atoms with van der Waals surface area (Å²) in [6.45, 7) is 5.79. The zero-order chi connectivity index (χ0) is 44.1. The summed E-state index contributed by atoms with van der Waals surface area (Å²) in [7, 11) is 0. The average Bonchev–Trinajstić information content (AvgIpc) is 3.55. The largest absolute Gasteiger partial charge is 0.491 e. The number of halogens is 1. The second-order valence-electron chi connectivity index (χ2n) is 15.9. The highest BCUT2D eigenvalue weighted by Crippen LogP contribution is 2.41. The Morgan fingerprint density at radius 1 is 0.810 bits per heavy atom. The number of ether oxygens (including phenoxy) is 5. The fourth-order valence-electron chi connectivity index (χ4n) is 8.43. The van der Waals surface area contributed by atoms with E-state index < -0.39 is 29.7 Å². The Kier molecular flexibility index (Phi) is 15.8. The van der Waals surface area contributed by atoms with Gasteiger partial charge in [-0.05, 0) is 110 Å². The first kappa shape index (κ1) is 45.2. The van der Waals surface area contributed by atoms with Crippen LogP contribution in [-0.4, -0.2) is 111 Å². The summed E-state index contributed by atoms with van der Waals surface area (Å²) in [6.07, 6.45) is 5.72. The summed E-state index contributed by atoms with van der Waals surface area (Å²) < 4.78 is 42.1. The number of hydrogen-bond donors (Lipinski definition) is 3. The number of aromatic nitrogens is 1. The van der Waals surface area contributed by atoms with Crippen molar-refractivity contribution in [2.24, 2.45) is 11.8 Å². The lowest BCUT2D eigenvalue weighted by atomic mass is 9.73. The molecule has 1 aliphatic carbocycles. The number of benzene rings is 3. The third-order valence-electron chi connectivity index (χ3n) is 11.8. The van der Waals surface area contributed by atoms with Gasteiger partial charge in [-0.3, -0.25) is 39.2 Å². The van der Waals surface area contributed by atoms with E-state index in [0.717, 1.165) is 47.0 Å². The fraction of sp³-hybridized carbons (Fsp3) is 0.447. The minimum Gasteiger partial charge on any atom is -0.491 e. The van der Waals surface area contributed by atoms with E-state index >= 15 is 0 Å². The molecule has 3 aromatic carbocycles. The molecule has 2 fully saturated rings. The number of piperidine rings is 1. The molecule has 0 spiro atoms. The highest BCUT2D eigenvalue weighted by molar-refractivity contribution is 6.25. The standard InChI is InChI=1S/C47H54FN5O10/c1-30(31-5-7-32(8-6-31)36-17-18-49-39-14-9-33(48)29-38(36)39)44(55)51-34-10-12-35(13-11-34)63-28-27-62-26-25-61-24-23-60-22-21-59-20-19-50-40-4-2-3-37-43(40)47(58)53(46(37)57)41-15-16-42(54)52-45(41)56/h2-4,9-14,17-18,29-32,41,50H,5-8,15-16,19-28H2,1H3,(H,51,55)(H,52,54,56)/t30-,31-,32+,41?/m1/s1. The average molecular weight is 868 g/mol. The number of anilines is 2. The van der Waals surface area contributed by atoms with Gasteiger partial charge >= 0.3 is 0 Å². The molecule has 1 saturated carbocycles. The first-order chi connectivity index (χ1) is 30.7. The van der Waals surface area contributed by atoms with Crippen molar-refractivity contribution >= 4 is 51.8 Å². The molecular weight excluding hydrogens is 814 g/mol. The molecule has 1 unspecified atom stereocenters. The van der Waals surface area contributed by atoms with Crippen molar-refractivity contribution in [1.29, 1.82) is 0 Å². The zero-order valence-electron chi connectivity index (χ0n) is 35.4. The van der Waals surface area contributed by atoms with Crippen molar-refractivity contribution in [3.8, 4) is 5.75 Å². The first-order valence-electron chi connectivity index (χ1n) is 21.6. The second-order valence-corrected chi connectivity index (χ2v) is 15.9. The Morgan fingerprint density at radius 3 is 2.19 bits per heavy atom. The molecular formula is C47H54FN5O10. The van der Waals surface area contributed by atoms with Gasteiger partial charge in [0, 0.05) is 41.8 Å². The van der Waals surface area contributed by atoms with Gasteiger partial charge in [0.1, 0.15) is 24.2 Å². The van der Waals surface area contributed by atoms with Gasteiger partial charge in [-0.15, -0.1) is 0 Å². The zero-order valence-corrected chi connectivity index (χ0v) is 35.4. The quantitative estimate of drug-likeness (QED) is 0.0631. The monoisotopic (exact) mass is 867 g/mol. The van der Waals surface area contributed by atoms with Gasteiger partial charge in [0.25, 0.3) is 11.8 Å². The van der Waals surface area contributed by atoms with E-state index in [-0.39, 0.29) is 47.5 Å². The smallest absolute Gasteiger partial charge is 0.264 e. The van der Waals surface area contributed by atoms with Crippen molar-refractivity contribution in [3.63, 3.8) is 0 Å². The van der Waals surface area contributed by atoms with E-state index in [1.54, 1.807) is 36.5 Å². The molecule has 1 saturated heterocycles. The summed E-state index contributed by atoms with van der Waals surface area (Å²) in [6, 6.07) is 17.9. The highest BCUT2D eigenvalue weighted by Gasteiger charge is 2.45. The molecule has 63 heavy (non-hydrogen) atoms. The fourth-order valence-corrected chi connectivity index (χ4v) is 8.43. The molecule has 2 aliphatic heterocycles. The van der Waals surface area contributed by atoms with Crippen molar-refractivity contribution < 1.29 is 52.0 Å². The molecule has 5 amide bonds. The molecule has 2 atom stereocenters.